The van der Waals surface area contributed by atoms with Gasteiger partial charge in [0.25, 0.3) is 0 Å². The normalized spacial score (nSPS) is 19.4. The van der Waals surface area contributed by atoms with Gasteiger partial charge in [-0.3, -0.25) is 9.48 Å². The standard InChI is InChI=1S/C12H19N5OS/c1-4-8-11(18)14-5-6-17(8)12-9(10(13)19)7(2)15-16(12)3/h8H,4-6H2,1-3H3,(H2,13,19)(H,14,18). The van der Waals surface area contributed by atoms with Crippen molar-refractivity contribution in [2.75, 3.05) is 18.0 Å². The van der Waals surface area contributed by atoms with E-state index in [0.29, 0.717) is 11.5 Å². The molecule has 0 radical (unpaired) electrons. The Bertz CT molecular complexity index is 524. The topological polar surface area (TPSA) is 76.2 Å². The predicted octanol–water partition coefficient (Wildman–Crippen LogP) is 0.0775. The molecule has 1 aliphatic rings. The van der Waals surface area contributed by atoms with Crippen LogP contribution in [0, 0.1) is 6.92 Å². The highest BCUT2D eigenvalue weighted by Gasteiger charge is 2.32. The van der Waals surface area contributed by atoms with Gasteiger partial charge in [0.2, 0.25) is 5.91 Å². The Labute approximate surface area is 117 Å². The quantitative estimate of drug-likeness (QED) is 0.767. The van der Waals surface area contributed by atoms with Crippen molar-refractivity contribution in [2.45, 2.75) is 26.3 Å². The second-order valence-corrected chi connectivity index (χ2v) is 5.12. The van der Waals surface area contributed by atoms with Crippen molar-refractivity contribution < 1.29 is 4.79 Å². The summed E-state index contributed by atoms with van der Waals surface area (Å²) in [6, 6.07) is -0.198. The summed E-state index contributed by atoms with van der Waals surface area (Å²) in [5, 5.41) is 7.26. The minimum Gasteiger partial charge on any atom is -0.389 e. The van der Waals surface area contributed by atoms with Crippen LogP contribution in [-0.4, -0.2) is 39.8 Å². The molecule has 1 aliphatic heterocycles. The third-order valence-corrected chi connectivity index (χ3v) is 3.63. The molecule has 7 heteroatoms. The Balaban J connectivity index is 2.51. The Morgan fingerprint density at radius 1 is 1.63 bits per heavy atom. The molecule has 1 fully saturated rings. The van der Waals surface area contributed by atoms with Crippen LogP contribution in [0.15, 0.2) is 0 Å². The van der Waals surface area contributed by atoms with Crippen LogP contribution in [-0.2, 0) is 11.8 Å². The zero-order chi connectivity index (χ0) is 14.2. The molecule has 104 valence electrons. The van der Waals surface area contributed by atoms with Crippen LogP contribution in [0.25, 0.3) is 0 Å². The van der Waals surface area contributed by atoms with Crippen LogP contribution in [0.4, 0.5) is 5.82 Å². The number of hydrogen-bond acceptors (Lipinski definition) is 4. The van der Waals surface area contributed by atoms with Gasteiger partial charge in [0.15, 0.2) is 0 Å². The van der Waals surface area contributed by atoms with E-state index in [9.17, 15) is 4.79 Å². The zero-order valence-corrected chi connectivity index (χ0v) is 12.3. The summed E-state index contributed by atoms with van der Waals surface area (Å²) < 4.78 is 1.76. The second-order valence-electron chi connectivity index (χ2n) is 4.68. The minimum atomic E-state index is -0.198. The van der Waals surface area contributed by atoms with E-state index in [-0.39, 0.29) is 11.9 Å². The van der Waals surface area contributed by atoms with Gasteiger partial charge in [-0.15, -0.1) is 0 Å². The molecule has 0 saturated carbocycles. The van der Waals surface area contributed by atoms with Crippen molar-refractivity contribution in [1.29, 1.82) is 0 Å². The number of thiocarbonyl (C=S) groups is 1. The summed E-state index contributed by atoms with van der Waals surface area (Å²) in [7, 11) is 1.85. The van der Waals surface area contributed by atoms with E-state index in [2.05, 4.69) is 10.4 Å². The number of amides is 1. The smallest absolute Gasteiger partial charge is 0.242 e. The number of anilines is 1. The molecule has 1 aromatic rings. The van der Waals surface area contributed by atoms with Gasteiger partial charge in [-0.2, -0.15) is 5.10 Å². The molecule has 19 heavy (non-hydrogen) atoms. The Morgan fingerprint density at radius 2 is 2.32 bits per heavy atom. The maximum Gasteiger partial charge on any atom is 0.242 e. The molecular weight excluding hydrogens is 262 g/mol. The highest BCUT2D eigenvalue weighted by atomic mass is 32.1. The van der Waals surface area contributed by atoms with Gasteiger partial charge in [0.1, 0.15) is 16.8 Å². The minimum absolute atomic E-state index is 0.0430. The van der Waals surface area contributed by atoms with E-state index in [1.165, 1.54) is 0 Å². The third kappa shape index (κ3) is 2.30. The number of piperazine rings is 1. The van der Waals surface area contributed by atoms with Crippen molar-refractivity contribution in [3.05, 3.63) is 11.3 Å². The first-order valence-corrected chi connectivity index (χ1v) is 6.76. The molecule has 3 N–H and O–H groups in total. The number of rotatable bonds is 3. The molecule has 1 aromatic heterocycles. The molecule has 6 nitrogen and oxygen atoms in total. The molecule has 1 unspecified atom stereocenters. The van der Waals surface area contributed by atoms with Crippen LogP contribution < -0.4 is 16.0 Å². The SMILES string of the molecule is CCC1C(=O)NCCN1c1c(C(N)=S)c(C)nn1C. The van der Waals surface area contributed by atoms with E-state index in [0.717, 1.165) is 30.0 Å². The van der Waals surface area contributed by atoms with Gasteiger partial charge in [0, 0.05) is 20.1 Å². The highest BCUT2D eigenvalue weighted by molar-refractivity contribution is 7.80. The molecule has 0 aromatic carbocycles. The van der Waals surface area contributed by atoms with Crippen LogP contribution in [0.2, 0.25) is 0 Å². The third-order valence-electron chi connectivity index (χ3n) is 3.43. The molecule has 2 heterocycles. The number of hydrogen-bond donors (Lipinski definition) is 2. The van der Waals surface area contributed by atoms with Gasteiger partial charge in [0.05, 0.1) is 11.3 Å². The van der Waals surface area contributed by atoms with Crippen molar-refractivity contribution in [3.8, 4) is 0 Å². The Kier molecular flexibility index (Phi) is 3.75. The second kappa shape index (κ2) is 5.16. The first-order valence-electron chi connectivity index (χ1n) is 6.35. The fourth-order valence-corrected chi connectivity index (χ4v) is 2.88. The lowest BCUT2D eigenvalue weighted by molar-refractivity contribution is -0.123. The van der Waals surface area contributed by atoms with E-state index >= 15 is 0 Å². The number of nitrogens with two attached hydrogens (primary N) is 1. The summed E-state index contributed by atoms with van der Waals surface area (Å²) in [4.78, 5) is 14.3. The molecule has 1 amide bonds. The molecular formula is C12H19N5OS. The van der Waals surface area contributed by atoms with Crippen LogP contribution in [0.5, 0.6) is 0 Å². The van der Waals surface area contributed by atoms with Crippen LogP contribution in [0.1, 0.15) is 24.6 Å². The number of nitrogens with zero attached hydrogens (tertiary/aromatic N) is 3. The van der Waals surface area contributed by atoms with E-state index in [1.54, 1.807) is 4.68 Å². The summed E-state index contributed by atoms with van der Waals surface area (Å²) in [6.07, 6.45) is 0.729. The lowest BCUT2D eigenvalue weighted by atomic mass is 10.1. The first kappa shape index (κ1) is 13.8. The monoisotopic (exact) mass is 281 g/mol. The number of aromatic nitrogens is 2. The fourth-order valence-electron chi connectivity index (χ4n) is 2.64. The predicted molar refractivity (Wildman–Crippen MR) is 78.3 cm³/mol. The number of aryl methyl sites for hydroxylation is 2. The van der Waals surface area contributed by atoms with Gasteiger partial charge >= 0.3 is 0 Å². The van der Waals surface area contributed by atoms with Gasteiger partial charge in [-0.1, -0.05) is 19.1 Å². The average molecular weight is 281 g/mol. The van der Waals surface area contributed by atoms with Gasteiger partial charge in [-0.25, -0.2) is 0 Å². The van der Waals surface area contributed by atoms with Crippen molar-refractivity contribution in [3.63, 3.8) is 0 Å². The molecule has 1 atom stereocenters. The number of nitrogens with one attached hydrogen (secondary N) is 1. The molecule has 2 rings (SSSR count). The van der Waals surface area contributed by atoms with E-state index < -0.39 is 0 Å². The Morgan fingerprint density at radius 3 is 2.89 bits per heavy atom. The molecule has 0 aliphatic carbocycles. The lowest BCUT2D eigenvalue weighted by Gasteiger charge is -2.36. The maximum absolute atomic E-state index is 12.0. The Hall–Kier alpha value is -1.63. The molecule has 0 bridgehead atoms. The molecule has 0 spiro atoms. The summed E-state index contributed by atoms with van der Waals surface area (Å²) in [5.74, 6) is 0.883. The number of carbonyl (C=O) groups is 1. The highest BCUT2D eigenvalue weighted by Crippen LogP contribution is 2.26. The zero-order valence-electron chi connectivity index (χ0n) is 11.4. The molecule has 1 saturated heterocycles. The van der Waals surface area contributed by atoms with Crippen molar-refractivity contribution >= 4 is 28.9 Å². The summed E-state index contributed by atoms with van der Waals surface area (Å²) in [6.45, 7) is 5.23. The largest absolute Gasteiger partial charge is 0.389 e. The maximum atomic E-state index is 12.0. The fraction of sp³-hybridized carbons (Fsp3) is 0.583. The van der Waals surface area contributed by atoms with Crippen LogP contribution >= 0.6 is 12.2 Å². The van der Waals surface area contributed by atoms with Gasteiger partial charge in [-0.05, 0) is 13.3 Å². The first-order chi connectivity index (χ1) is 8.97. The lowest BCUT2D eigenvalue weighted by Crippen LogP contribution is -2.56. The van der Waals surface area contributed by atoms with Crippen molar-refractivity contribution in [1.82, 2.24) is 15.1 Å². The summed E-state index contributed by atoms with van der Waals surface area (Å²) >= 11 is 5.12. The number of carbonyl (C=O) groups excluding carboxylic acids is 1. The van der Waals surface area contributed by atoms with Gasteiger partial charge < -0.3 is 16.0 Å². The summed E-state index contributed by atoms with van der Waals surface area (Å²) in [5.41, 5.74) is 7.37. The van der Waals surface area contributed by atoms with Crippen LogP contribution in [0.3, 0.4) is 0 Å². The van der Waals surface area contributed by atoms with E-state index in [4.69, 9.17) is 18.0 Å². The average Bonchev–Trinajstić information content (AvgIpc) is 2.63. The van der Waals surface area contributed by atoms with E-state index in [1.807, 2.05) is 25.8 Å². The van der Waals surface area contributed by atoms with Crippen molar-refractivity contribution in [2.24, 2.45) is 12.8 Å².